The Morgan fingerprint density at radius 2 is 1.97 bits per heavy atom. The molecule has 4 nitrogen and oxygen atoms in total. The molecular weight excluding hydrogens is 387 g/mol. The van der Waals surface area contributed by atoms with E-state index in [0.29, 0.717) is 13.0 Å². The van der Waals surface area contributed by atoms with Crippen LogP contribution in [0.15, 0.2) is 35.7 Å². The first kappa shape index (κ1) is 20.1. The van der Waals surface area contributed by atoms with E-state index in [1.807, 2.05) is 4.90 Å². The molecule has 154 valence electrons. The minimum Gasteiger partial charge on any atom is -0.330 e. The van der Waals surface area contributed by atoms with Crippen molar-refractivity contribution in [1.82, 2.24) is 9.80 Å². The first-order valence-corrected chi connectivity index (χ1v) is 11.4. The molecule has 29 heavy (non-hydrogen) atoms. The van der Waals surface area contributed by atoms with Crippen LogP contribution < -0.4 is 0 Å². The quantitative estimate of drug-likeness (QED) is 0.667. The summed E-state index contributed by atoms with van der Waals surface area (Å²) in [6.07, 6.45) is 5.14. The summed E-state index contributed by atoms with van der Waals surface area (Å²) in [6, 6.07) is 8.49. The molecule has 6 heteroatoms. The van der Waals surface area contributed by atoms with Crippen molar-refractivity contribution in [2.45, 2.75) is 57.5 Å². The van der Waals surface area contributed by atoms with Gasteiger partial charge in [0.2, 0.25) is 11.8 Å². The topological polar surface area (TPSA) is 40.6 Å². The minimum absolute atomic E-state index is 0.0204. The molecular formula is C23H27FN2O2S. The molecule has 2 heterocycles. The van der Waals surface area contributed by atoms with Gasteiger partial charge in [0.05, 0.1) is 6.04 Å². The van der Waals surface area contributed by atoms with Crippen LogP contribution in [0.4, 0.5) is 4.39 Å². The van der Waals surface area contributed by atoms with E-state index < -0.39 is 0 Å². The summed E-state index contributed by atoms with van der Waals surface area (Å²) in [5.74, 6) is -0.211. The van der Waals surface area contributed by atoms with E-state index in [4.69, 9.17) is 0 Å². The van der Waals surface area contributed by atoms with Crippen molar-refractivity contribution >= 4 is 23.2 Å². The molecule has 1 aromatic carbocycles. The summed E-state index contributed by atoms with van der Waals surface area (Å²) in [4.78, 5) is 31.0. The lowest BCUT2D eigenvalue weighted by atomic mass is 9.93. The fourth-order valence-electron chi connectivity index (χ4n) is 4.10. The Hall–Kier alpha value is -2.21. The predicted molar refractivity (Wildman–Crippen MR) is 112 cm³/mol. The van der Waals surface area contributed by atoms with Gasteiger partial charge in [0.25, 0.3) is 0 Å². The van der Waals surface area contributed by atoms with Crippen LogP contribution in [0, 0.1) is 5.82 Å². The third kappa shape index (κ3) is 4.37. The molecule has 0 N–H and O–H groups in total. The summed E-state index contributed by atoms with van der Waals surface area (Å²) in [6.45, 7) is 2.83. The molecule has 2 aliphatic rings. The number of carbonyl (C=O) groups is 2. The van der Waals surface area contributed by atoms with Crippen LogP contribution in [-0.2, 0) is 16.0 Å². The monoisotopic (exact) mass is 414 g/mol. The maximum absolute atomic E-state index is 13.5. The molecule has 0 saturated heterocycles. The van der Waals surface area contributed by atoms with Gasteiger partial charge in [-0.25, -0.2) is 4.39 Å². The molecule has 0 spiro atoms. The molecule has 4 rings (SSSR count). The lowest BCUT2D eigenvalue weighted by Gasteiger charge is -2.37. The van der Waals surface area contributed by atoms with Gasteiger partial charge in [-0.1, -0.05) is 25.5 Å². The third-order valence-electron chi connectivity index (χ3n) is 5.83. The second-order valence-electron chi connectivity index (χ2n) is 7.95. The maximum atomic E-state index is 13.5. The molecule has 2 amide bonds. The van der Waals surface area contributed by atoms with Gasteiger partial charge in [-0.05, 0) is 60.4 Å². The standard InChI is InChI=1S/C23H27FN2O2S/c1-2-3-4-21(27)26(18-9-10-18)15-22(28)25-13-11-20-19(12-14-29-20)23(25)16-5-7-17(24)8-6-16/h5-8,12,14,18,23H,2-4,9-11,13,15H2,1H3/t23-/m1/s1. The number of fused-ring (bicyclic) bond motifs is 1. The Morgan fingerprint density at radius 3 is 2.66 bits per heavy atom. The van der Waals surface area contributed by atoms with Gasteiger partial charge in [0, 0.05) is 23.9 Å². The minimum atomic E-state index is -0.283. The number of hydrogen-bond acceptors (Lipinski definition) is 3. The number of halogens is 1. The maximum Gasteiger partial charge on any atom is 0.243 e. The highest BCUT2D eigenvalue weighted by Gasteiger charge is 2.37. The number of benzene rings is 1. The van der Waals surface area contributed by atoms with E-state index in [-0.39, 0.29) is 36.3 Å². The Labute approximate surface area is 175 Å². The molecule has 2 aromatic rings. The van der Waals surface area contributed by atoms with Crippen LogP contribution in [-0.4, -0.2) is 40.7 Å². The van der Waals surface area contributed by atoms with E-state index in [0.717, 1.165) is 43.2 Å². The van der Waals surface area contributed by atoms with Crippen molar-refractivity contribution in [3.05, 3.63) is 57.5 Å². The molecule has 0 unspecified atom stereocenters. The largest absolute Gasteiger partial charge is 0.330 e. The summed E-state index contributed by atoms with van der Waals surface area (Å²) >= 11 is 1.71. The number of unbranched alkanes of at least 4 members (excludes halogenated alkanes) is 1. The lowest BCUT2D eigenvalue weighted by Crippen LogP contribution is -2.47. The fraction of sp³-hybridized carbons (Fsp3) is 0.478. The van der Waals surface area contributed by atoms with Gasteiger partial charge in [-0.3, -0.25) is 9.59 Å². The Morgan fingerprint density at radius 1 is 1.21 bits per heavy atom. The van der Waals surface area contributed by atoms with Crippen molar-refractivity contribution in [2.75, 3.05) is 13.1 Å². The summed E-state index contributed by atoms with van der Waals surface area (Å²) in [5.41, 5.74) is 2.03. The van der Waals surface area contributed by atoms with E-state index in [1.165, 1.54) is 17.0 Å². The molecule has 1 aliphatic heterocycles. The van der Waals surface area contributed by atoms with Crippen molar-refractivity contribution < 1.29 is 14.0 Å². The van der Waals surface area contributed by atoms with E-state index in [2.05, 4.69) is 18.4 Å². The summed E-state index contributed by atoms with van der Waals surface area (Å²) in [7, 11) is 0. The number of thiophene rings is 1. The van der Waals surface area contributed by atoms with Crippen LogP contribution in [0.25, 0.3) is 0 Å². The summed E-state index contributed by atoms with van der Waals surface area (Å²) < 4.78 is 13.5. The lowest BCUT2D eigenvalue weighted by molar-refractivity contribution is -0.142. The van der Waals surface area contributed by atoms with Gasteiger partial charge >= 0.3 is 0 Å². The molecule has 1 aliphatic carbocycles. The fourth-order valence-corrected chi connectivity index (χ4v) is 5.01. The highest BCUT2D eigenvalue weighted by atomic mass is 32.1. The van der Waals surface area contributed by atoms with Crippen LogP contribution in [0.3, 0.4) is 0 Å². The van der Waals surface area contributed by atoms with Crippen molar-refractivity contribution in [1.29, 1.82) is 0 Å². The first-order chi connectivity index (χ1) is 14.1. The predicted octanol–water partition coefficient (Wildman–Crippen LogP) is 4.54. The zero-order valence-corrected chi connectivity index (χ0v) is 17.6. The van der Waals surface area contributed by atoms with E-state index in [1.54, 1.807) is 28.4 Å². The van der Waals surface area contributed by atoms with Crippen LogP contribution in [0.5, 0.6) is 0 Å². The van der Waals surface area contributed by atoms with Gasteiger partial charge < -0.3 is 9.80 Å². The summed E-state index contributed by atoms with van der Waals surface area (Å²) in [5, 5.41) is 2.06. The van der Waals surface area contributed by atoms with Crippen LogP contribution in [0.2, 0.25) is 0 Å². The van der Waals surface area contributed by atoms with E-state index >= 15 is 0 Å². The number of hydrogen-bond donors (Lipinski definition) is 0. The van der Waals surface area contributed by atoms with Crippen LogP contribution >= 0.6 is 11.3 Å². The zero-order chi connectivity index (χ0) is 20.4. The second-order valence-corrected chi connectivity index (χ2v) is 8.95. The molecule has 1 aromatic heterocycles. The average Bonchev–Trinajstić information content (AvgIpc) is 3.45. The number of carbonyl (C=O) groups excluding carboxylic acids is 2. The van der Waals surface area contributed by atoms with Crippen molar-refractivity contribution in [2.24, 2.45) is 0 Å². The first-order valence-electron chi connectivity index (χ1n) is 10.5. The third-order valence-corrected chi connectivity index (χ3v) is 6.83. The van der Waals surface area contributed by atoms with Crippen molar-refractivity contribution in [3.63, 3.8) is 0 Å². The number of nitrogens with zero attached hydrogens (tertiary/aromatic N) is 2. The van der Waals surface area contributed by atoms with Crippen molar-refractivity contribution in [3.8, 4) is 0 Å². The highest BCUT2D eigenvalue weighted by molar-refractivity contribution is 7.10. The molecule has 0 bridgehead atoms. The van der Waals surface area contributed by atoms with Gasteiger partial charge in [0.1, 0.15) is 12.4 Å². The SMILES string of the molecule is CCCCC(=O)N(CC(=O)N1CCc2sccc2[C@H]1c1ccc(F)cc1)C1CC1. The van der Waals surface area contributed by atoms with Crippen LogP contribution in [0.1, 0.15) is 61.1 Å². The van der Waals surface area contributed by atoms with E-state index in [9.17, 15) is 14.0 Å². The average molecular weight is 415 g/mol. The Bertz CT molecular complexity index is 875. The van der Waals surface area contributed by atoms with Gasteiger partial charge in [-0.15, -0.1) is 11.3 Å². The highest BCUT2D eigenvalue weighted by Crippen LogP contribution is 2.38. The number of amides is 2. The number of rotatable bonds is 7. The smallest absolute Gasteiger partial charge is 0.243 e. The zero-order valence-electron chi connectivity index (χ0n) is 16.8. The normalized spacial score (nSPS) is 18.4. The van der Waals surface area contributed by atoms with Gasteiger partial charge in [-0.2, -0.15) is 0 Å². The molecule has 1 atom stereocenters. The molecule has 1 fully saturated rings. The second kappa shape index (κ2) is 8.66. The molecule has 0 radical (unpaired) electrons. The van der Waals surface area contributed by atoms with Gasteiger partial charge in [0.15, 0.2) is 0 Å². The Balaban J connectivity index is 1.57. The molecule has 1 saturated carbocycles. The Kier molecular flexibility index (Phi) is 5.99.